The van der Waals surface area contributed by atoms with Gasteiger partial charge in [-0.15, -0.1) is 0 Å². The number of amides is 1. The number of hydrogen-bond donors (Lipinski definition) is 1. The molecule has 2 aliphatic heterocycles. The van der Waals surface area contributed by atoms with Crippen LogP contribution < -0.4 is 4.90 Å². The zero-order chi connectivity index (χ0) is 19.7. The van der Waals surface area contributed by atoms with Crippen molar-refractivity contribution in [2.45, 2.75) is 31.9 Å². The van der Waals surface area contributed by atoms with Gasteiger partial charge in [0, 0.05) is 30.9 Å². The number of anilines is 1. The fourth-order valence-electron chi connectivity index (χ4n) is 4.07. The molecule has 2 aliphatic rings. The van der Waals surface area contributed by atoms with Gasteiger partial charge < -0.3 is 14.7 Å². The Morgan fingerprint density at radius 3 is 2.57 bits per heavy atom. The van der Waals surface area contributed by atoms with Crippen LogP contribution in [0, 0.1) is 12.7 Å². The molecule has 0 aromatic heterocycles. The molecule has 2 fully saturated rings. The molecule has 28 heavy (non-hydrogen) atoms. The molecule has 148 valence electrons. The third-order valence-corrected chi connectivity index (χ3v) is 5.78. The molecular weight excluding hydrogens is 359 g/mol. The number of morpholine rings is 1. The highest BCUT2D eigenvalue weighted by Gasteiger charge is 2.42. The van der Waals surface area contributed by atoms with E-state index < -0.39 is 0 Å². The maximum Gasteiger partial charge on any atom is 0.253 e. The number of carbonyl (C=O) groups excluding carboxylic acids is 1. The first-order valence-electron chi connectivity index (χ1n) is 9.65. The average molecular weight is 384 g/mol. The number of ether oxygens (including phenoxy) is 1. The number of likely N-dealkylation sites (tertiary alicyclic amines) is 1. The van der Waals surface area contributed by atoms with Gasteiger partial charge in [0.15, 0.2) is 0 Å². The molecule has 1 amide bonds. The van der Waals surface area contributed by atoms with Crippen LogP contribution in [0.3, 0.4) is 0 Å². The quantitative estimate of drug-likeness (QED) is 0.883. The van der Waals surface area contributed by atoms with Crippen molar-refractivity contribution >= 4 is 11.6 Å². The van der Waals surface area contributed by atoms with Crippen LogP contribution in [0.5, 0.6) is 5.75 Å². The van der Waals surface area contributed by atoms with E-state index in [1.165, 1.54) is 12.1 Å². The van der Waals surface area contributed by atoms with Crippen LogP contribution in [0.2, 0.25) is 0 Å². The summed E-state index contributed by atoms with van der Waals surface area (Å²) in [6.45, 7) is 4.92. The Morgan fingerprint density at radius 1 is 1.14 bits per heavy atom. The number of benzene rings is 2. The molecule has 4 rings (SSSR count). The topological polar surface area (TPSA) is 53.0 Å². The number of piperidine rings is 1. The molecule has 0 radical (unpaired) electrons. The largest absolute Gasteiger partial charge is 0.508 e. The maximum absolute atomic E-state index is 13.2. The molecule has 0 aliphatic carbocycles. The van der Waals surface area contributed by atoms with Gasteiger partial charge in [-0.25, -0.2) is 4.39 Å². The summed E-state index contributed by atoms with van der Waals surface area (Å²) in [4.78, 5) is 16.4. The van der Waals surface area contributed by atoms with Gasteiger partial charge in [0.05, 0.1) is 12.1 Å². The van der Waals surface area contributed by atoms with Gasteiger partial charge in [-0.05, 0) is 50.1 Å². The van der Waals surface area contributed by atoms with Crippen molar-refractivity contribution < 1.29 is 19.0 Å². The van der Waals surface area contributed by atoms with Crippen molar-refractivity contribution in [1.82, 2.24) is 4.90 Å². The Bertz CT molecular complexity index is 861. The standard InChI is InChI=1S/C22H25FN2O3/c1-16-2-7-20(26)17(12-16)13-24-10-8-22(9-11-24)15-25(21(27)14-28-22)19-5-3-18(23)4-6-19/h2-7,12,26H,8-11,13-15H2,1H3. The molecule has 2 aromatic carbocycles. The van der Waals surface area contributed by atoms with E-state index >= 15 is 0 Å². The molecule has 5 nitrogen and oxygen atoms in total. The maximum atomic E-state index is 13.2. The van der Waals surface area contributed by atoms with Crippen molar-refractivity contribution in [1.29, 1.82) is 0 Å². The minimum atomic E-state index is -0.368. The summed E-state index contributed by atoms with van der Waals surface area (Å²) in [5.41, 5.74) is 2.41. The second kappa shape index (κ2) is 7.53. The predicted molar refractivity (Wildman–Crippen MR) is 105 cm³/mol. The van der Waals surface area contributed by atoms with Crippen LogP contribution >= 0.6 is 0 Å². The monoisotopic (exact) mass is 384 g/mol. The molecule has 0 unspecified atom stereocenters. The Balaban J connectivity index is 1.42. The smallest absolute Gasteiger partial charge is 0.253 e. The Labute approximate surface area is 164 Å². The van der Waals surface area contributed by atoms with Crippen LogP contribution in [0.4, 0.5) is 10.1 Å². The first-order valence-corrected chi connectivity index (χ1v) is 9.65. The number of hydrogen-bond acceptors (Lipinski definition) is 4. The lowest BCUT2D eigenvalue weighted by Crippen LogP contribution is -2.58. The number of carbonyl (C=O) groups is 1. The van der Waals surface area contributed by atoms with Gasteiger partial charge in [0.2, 0.25) is 0 Å². The highest BCUT2D eigenvalue weighted by Crippen LogP contribution is 2.33. The molecule has 2 saturated heterocycles. The number of nitrogens with zero attached hydrogens (tertiary/aromatic N) is 2. The Morgan fingerprint density at radius 2 is 1.86 bits per heavy atom. The Hall–Kier alpha value is -2.44. The van der Waals surface area contributed by atoms with Crippen molar-refractivity contribution in [3.05, 3.63) is 59.4 Å². The zero-order valence-corrected chi connectivity index (χ0v) is 16.0. The van der Waals surface area contributed by atoms with Crippen molar-refractivity contribution in [2.24, 2.45) is 0 Å². The zero-order valence-electron chi connectivity index (χ0n) is 16.0. The minimum Gasteiger partial charge on any atom is -0.508 e. The third-order valence-electron chi connectivity index (χ3n) is 5.78. The second-order valence-corrected chi connectivity index (χ2v) is 7.84. The van der Waals surface area contributed by atoms with E-state index in [9.17, 15) is 14.3 Å². The van der Waals surface area contributed by atoms with Crippen LogP contribution in [-0.4, -0.2) is 47.8 Å². The van der Waals surface area contributed by atoms with Gasteiger partial charge >= 0.3 is 0 Å². The highest BCUT2D eigenvalue weighted by molar-refractivity contribution is 5.95. The lowest BCUT2D eigenvalue weighted by Gasteiger charge is -2.47. The summed E-state index contributed by atoms with van der Waals surface area (Å²) in [6.07, 6.45) is 1.62. The SMILES string of the molecule is Cc1ccc(O)c(CN2CCC3(CC2)CN(c2ccc(F)cc2)C(=O)CO3)c1. The molecule has 1 spiro atoms. The number of aryl methyl sites for hydroxylation is 1. The van der Waals surface area contributed by atoms with E-state index in [2.05, 4.69) is 4.90 Å². The minimum absolute atomic E-state index is 0.0516. The first kappa shape index (κ1) is 18.9. The summed E-state index contributed by atoms with van der Waals surface area (Å²) < 4.78 is 19.2. The van der Waals surface area contributed by atoms with E-state index in [0.29, 0.717) is 24.5 Å². The van der Waals surface area contributed by atoms with Crippen LogP contribution in [-0.2, 0) is 16.1 Å². The highest BCUT2D eigenvalue weighted by atomic mass is 19.1. The summed E-state index contributed by atoms with van der Waals surface area (Å²) in [7, 11) is 0. The van der Waals surface area contributed by atoms with E-state index in [4.69, 9.17) is 4.74 Å². The van der Waals surface area contributed by atoms with Crippen LogP contribution in [0.15, 0.2) is 42.5 Å². The first-order chi connectivity index (χ1) is 13.4. The summed E-state index contributed by atoms with van der Waals surface area (Å²) in [5.74, 6) is -0.0795. The molecule has 2 aromatic rings. The molecule has 6 heteroatoms. The predicted octanol–water partition coefficient (Wildman–Crippen LogP) is 3.24. The normalized spacial score (nSPS) is 19.9. The van der Waals surface area contributed by atoms with E-state index in [1.807, 2.05) is 19.1 Å². The van der Waals surface area contributed by atoms with Crippen molar-refractivity contribution in [3.63, 3.8) is 0 Å². The summed E-state index contributed by atoms with van der Waals surface area (Å²) >= 11 is 0. The van der Waals surface area contributed by atoms with Gasteiger partial charge in [-0.1, -0.05) is 17.7 Å². The lowest BCUT2D eigenvalue weighted by molar-refractivity contribution is -0.145. The van der Waals surface area contributed by atoms with Gasteiger partial charge in [-0.2, -0.15) is 0 Å². The van der Waals surface area contributed by atoms with Gasteiger partial charge in [-0.3, -0.25) is 9.69 Å². The molecular formula is C22H25FN2O3. The molecule has 0 bridgehead atoms. The number of aromatic hydroxyl groups is 1. The van der Waals surface area contributed by atoms with E-state index in [-0.39, 0.29) is 23.9 Å². The molecule has 2 heterocycles. The van der Waals surface area contributed by atoms with Gasteiger partial charge in [0.25, 0.3) is 5.91 Å². The third kappa shape index (κ3) is 3.88. The van der Waals surface area contributed by atoms with Gasteiger partial charge in [0.1, 0.15) is 18.2 Å². The van der Waals surface area contributed by atoms with E-state index in [1.54, 1.807) is 23.1 Å². The van der Waals surface area contributed by atoms with Crippen molar-refractivity contribution in [2.75, 3.05) is 31.1 Å². The fraction of sp³-hybridized carbons (Fsp3) is 0.409. The van der Waals surface area contributed by atoms with Crippen molar-refractivity contribution in [3.8, 4) is 5.75 Å². The number of rotatable bonds is 3. The van der Waals surface area contributed by atoms with Crippen LogP contribution in [0.1, 0.15) is 24.0 Å². The summed E-state index contributed by atoms with van der Waals surface area (Å²) in [5, 5.41) is 10.1. The lowest BCUT2D eigenvalue weighted by atomic mass is 9.88. The van der Waals surface area contributed by atoms with Crippen LogP contribution in [0.25, 0.3) is 0 Å². The number of halogens is 1. The molecule has 0 atom stereocenters. The van der Waals surface area contributed by atoms with E-state index in [0.717, 1.165) is 37.1 Å². The number of phenolic OH excluding ortho intramolecular Hbond substituents is 1. The average Bonchev–Trinajstić information content (AvgIpc) is 2.69. The Kier molecular flexibility index (Phi) is 5.08. The summed E-state index contributed by atoms with van der Waals surface area (Å²) in [6, 6.07) is 11.7. The second-order valence-electron chi connectivity index (χ2n) is 7.84. The molecule has 0 saturated carbocycles. The fourth-order valence-corrected chi connectivity index (χ4v) is 4.07. The molecule has 1 N–H and O–H groups in total. The number of phenols is 1.